The van der Waals surface area contributed by atoms with Gasteiger partial charge in [-0.3, -0.25) is 20.2 Å². The van der Waals surface area contributed by atoms with Crippen LogP contribution in [-0.4, -0.2) is 36.5 Å². The molecular formula is C18H15N2O10. The number of hydrogen-bond acceptors (Lipinski definition) is 10. The maximum Gasteiger partial charge on any atom is 0.418 e. The molecule has 0 bridgehead atoms. The van der Waals surface area contributed by atoms with Crippen LogP contribution >= 0.6 is 0 Å². The highest BCUT2D eigenvalue weighted by atomic mass is 16.6. The van der Waals surface area contributed by atoms with E-state index in [1.807, 2.05) is 0 Å². The molecule has 12 nitrogen and oxygen atoms in total. The van der Waals surface area contributed by atoms with Crippen LogP contribution in [0.5, 0.6) is 11.5 Å². The summed E-state index contributed by atoms with van der Waals surface area (Å²) < 4.78 is 19.8. The summed E-state index contributed by atoms with van der Waals surface area (Å²) in [4.78, 5) is 43.8. The first kappa shape index (κ1) is 22.1. The number of rotatable bonds is 10. The van der Waals surface area contributed by atoms with Gasteiger partial charge >= 0.3 is 12.4 Å². The Morgan fingerprint density at radius 1 is 1.03 bits per heavy atom. The molecule has 1 unspecified atom stereocenters. The number of nitro groups is 2. The maximum absolute atomic E-state index is 12.4. The van der Waals surface area contributed by atoms with Crippen molar-refractivity contribution in [3.05, 3.63) is 67.8 Å². The third-order valence-corrected chi connectivity index (χ3v) is 3.94. The molecule has 2 rings (SSSR count). The van der Waals surface area contributed by atoms with Crippen LogP contribution in [0.4, 0.5) is 11.4 Å². The van der Waals surface area contributed by atoms with Crippen molar-refractivity contribution in [1.29, 1.82) is 0 Å². The first-order valence-electron chi connectivity index (χ1n) is 8.15. The standard InChI is InChI=1S/C18H15N2O10/c1-27-15-7-12(14(20(25)26)8-16(15)28-2)9-29-18(22)17(30-10-21)11-3-5-13(6-4-11)19(23)24/h3-8,17H,9H2,1-2H3. The minimum Gasteiger partial charge on any atom is -0.493 e. The summed E-state index contributed by atoms with van der Waals surface area (Å²) in [5.41, 5.74) is -0.517. The van der Waals surface area contributed by atoms with E-state index in [0.717, 1.165) is 24.7 Å². The lowest BCUT2D eigenvalue weighted by Crippen LogP contribution is -2.19. The molecule has 0 fully saturated rings. The van der Waals surface area contributed by atoms with Gasteiger partial charge in [-0.25, -0.2) is 9.59 Å². The molecule has 12 heteroatoms. The summed E-state index contributed by atoms with van der Waals surface area (Å²) in [6.07, 6.45) is -1.57. The molecule has 2 aromatic carbocycles. The van der Waals surface area contributed by atoms with Gasteiger partial charge in [0.25, 0.3) is 11.4 Å². The Morgan fingerprint density at radius 2 is 1.63 bits per heavy atom. The number of nitrogens with zero attached hydrogens (tertiary/aromatic N) is 2. The van der Waals surface area contributed by atoms with Crippen molar-refractivity contribution >= 4 is 23.8 Å². The van der Waals surface area contributed by atoms with E-state index >= 15 is 0 Å². The van der Waals surface area contributed by atoms with E-state index in [4.69, 9.17) is 14.2 Å². The van der Waals surface area contributed by atoms with Gasteiger partial charge in [0.05, 0.1) is 35.7 Å². The zero-order chi connectivity index (χ0) is 22.3. The van der Waals surface area contributed by atoms with E-state index in [-0.39, 0.29) is 34.0 Å². The van der Waals surface area contributed by atoms with E-state index in [0.29, 0.717) is 0 Å². The number of benzene rings is 2. The van der Waals surface area contributed by atoms with Crippen LogP contribution in [0, 0.1) is 20.2 Å². The molecular weight excluding hydrogens is 404 g/mol. The van der Waals surface area contributed by atoms with Crippen molar-refractivity contribution in [2.75, 3.05) is 14.2 Å². The SMILES string of the molecule is COc1cc(COC(=O)C(O[C]=O)c2ccc([N+](=O)[O-])cc2)c([N+](=O)[O-])cc1OC. The summed E-state index contributed by atoms with van der Waals surface area (Å²) in [6.45, 7) is 0.576. The lowest BCUT2D eigenvalue weighted by atomic mass is 10.1. The van der Waals surface area contributed by atoms with Gasteiger partial charge in [0, 0.05) is 17.7 Å². The molecule has 0 saturated heterocycles. The summed E-state index contributed by atoms with van der Waals surface area (Å²) in [5.74, 6) is -0.767. The molecule has 0 aliphatic carbocycles. The second-order valence-corrected chi connectivity index (χ2v) is 5.63. The molecule has 0 heterocycles. The quantitative estimate of drug-likeness (QED) is 0.318. The van der Waals surface area contributed by atoms with Crippen LogP contribution in [0.15, 0.2) is 36.4 Å². The zero-order valence-electron chi connectivity index (χ0n) is 15.7. The monoisotopic (exact) mass is 419 g/mol. The first-order valence-corrected chi connectivity index (χ1v) is 8.15. The molecule has 0 aromatic heterocycles. The summed E-state index contributed by atoms with van der Waals surface area (Å²) >= 11 is 0. The van der Waals surface area contributed by atoms with Gasteiger partial charge in [-0.2, -0.15) is 0 Å². The largest absolute Gasteiger partial charge is 0.493 e. The molecule has 0 saturated carbocycles. The molecule has 1 radical (unpaired) electrons. The summed E-state index contributed by atoms with van der Waals surface area (Å²) in [7, 11) is 2.64. The van der Waals surface area contributed by atoms with Crippen molar-refractivity contribution in [1.82, 2.24) is 0 Å². The molecule has 0 aliphatic heterocycles. The van der Waals surface area contributed by atoms with Gasteiger partial charge in [0.2, 0.25) is 6.10 Å². The molecule has 0 aliphatic rings. The van der Waals surface area contributed by atoms with Crippen molar-refractivity contribution in [3.63, 3.8) is 0 Å². The van der Waals surface area contributed by atoms with Crippen LogP contribution in [0.2, 0.25) is 0 Å². The Balaban J connectivity index is 2.25. The third-order valence-electron chi connectivity index (χ3n) is 3.94. The number of nitro benzene ring substituents is 2. The zero-order valence-corrected chi connectivity index (χ0v) is 15.7. The van der Waals surface area contributed by atoms with E-state index in [9.17, 15) is 29.8 Å². The Hall–Kier alpha value is -4.22. The highest BCUT2D eigenvalue weighted by Gasteiger charge is 2.27. The number of carbonyl (C=O) groups is 1. The Morgan fingerprint density at radius 3 is 2.13 bits per heavy atom. The predicted octanol–water partition coefficient (Wildman–Crippen LogP) is 2.39. The molecule has 157 valence electrons. The summed E-state index contributed by atoms with van der Waals surface area (Å²) in [5, 5.41) is 22.0. The number of hydrogen-bond donors (Lipinski definition) is 0. The van der Waals surface area contributed by atoms with Gasteiger partial charge in [-0.15, -0.1) is 0 Å². The van der Waals surface area contributed by atoms with Crippen LogP contribution in [-0.2, 0) is 25.7 Å². The highest BCUT2D eigenvalue weighted by Crippen LogP contribution is 2.35. The molecule has 0 N–H and O–H groups in total. The van der Waals surface area contributed by atoms with Crippen LogP contribution < -0.4 is 9.47 Å². The predicted molar refractivity (Wildman–Crippen MR) is 98.6 cm³/mol. The minimum atomic E-state index is -1.57. The maximum atomic E-state index is 12.4. The number of carbonyl (C=O) groups excluding carboxylic acids is 2. The number of esters is 1. The second kappa shape index (κ2) is 9.82. The van der Waals surface area contributed by atoms with E-state index in [1.54, 1.807) is 0 Å². The summed E-state index contributed by atoms with van der Waals surface area (Å²) in [6, 6.07) is 7.04. The normalized spacial score (nSPS) is 11.1. The van der Waals surface area contributed by atoms with E-state index in [1.165, 1.54) is 32.4 Å². The van der Waals surface area contributed by atoms with E-state index < -0.39 is 28.5 Å². The smallest absolute Gasteiger partial charge is 0.418 e. The van der Waals surface area contributed by atoms with Gasteiger partial charge in [-0.1, -0.05) is 0 Å². The van der Waals surface area contributed by atoms with Gasteiger partial charge in [-0.05, 0) is 18.2 Å². The van der Waals surface area contributed by atoms with Crippen molar-refractivity contribution in [2.45, 2.75) is 12.7 Å². The van der Waals surface area contributed by atoms with Crippen LogP contribution in [0.1, 0.15) is 17.2 Å². The molecule has 1 atom stereocenters. The number of non-ortho nitro benzene ring substituents is 1. The van der Waals surface area contributed by atoms with Gasteiger partial charge < -0.3 is 18.9 Å². The van der Waals surface area contributed by atoms with Crippen LogP contribution in [0.3, 0.4) is 0 Å². The third kappa shape index (κ3) is 4.98. The van der Waals surface area contributed by atoms with Crippen molar-refractivity contribution in [3.8, 4) is 11.5 Å². The molecule has 2 aromatic rings. The number of ether oxygens (including phenoxy) is 4. The fraction of sp³-hybridized carbons (Fsp3) is 0.222. The molecule has 0 spiro atoms. The lowest BCUT2D eigenvalue weighted by Gasteiger charge is -2.15. The topological polar surface area (TPSA) is 157 Å². The van der Waals surface area contributed by atoms with E-state index in [2.05, 4.69) is 4.74 Å². The minimum absolute atomic E-state index is 0.00327. The first-order chi connectivity index (χ1) is 14.3. The molecule has 30 heavy (non-hydrogen) atoms. The average molecular weight is 419 g/mol. The Kier molecular flexibility index (Phi) is 7.22. The van der Waals surface area contributed by atoms with Gasteiger partial charge in [0.15, 0.2) is 11.5 Å². The Bertz CT molecular complexity index is 958. The second-order valence-electron chi connectivity index (χ2n) is 5.63. The van der Waals surface area contributed by atoms with Gasteiger partial charge in [0.1, 0.15) is 6.61 Å². The fourth-order valence-corrected chi connectivity index (χ4v) is 2.49. The highest BCUT2D eigenvalue weighted by molar-refractivity contribution is 5.78. The van der Waals surface area contributed by atoms with Crippen molar-refractivity contribution in [2.24, 2.45) is 0 Å². The van der Waals surface area contributed by atoms with Crippen LogP contribution in [0.25, 0.3) is 0 Å². The fourth-order valence-electron chi connectivity index (χ4n) is 2.49. The number of methoxy groups -OCH3 is 2. The van der Waals surface area contributed by atoms with Crippen molar-refractivity contribution < 1.29 is 38.4 Å². The lowest BCUT2D eigenvalue weighted by molar-refractivity contribution is -0.386. The molecule has 0 amide bonds. The Labute approximate surface area is 169 Å². The average Bonchev–Trinajstić information content (AvgIpc) is 2.75.